The van der Waals surface area contributed by atoms with E-state index >= 15 is 0 Å². The maximum absolute atomic E-state index is 11.8. The van der Waals surface area contributed by atoms with Crippen LogP contribution in [0.25, 0.3) is 0 Å². The Morgan fingerprint density at radius 3 is 3.00 bits per heavy atom. The zero-order valence-electron chi connectivity index (χ0n) is 11.2. The molecule has 4 N–H and O–H groups in total. The number of anilines is 1. The van der Waals surface area contributed by atoms with Crippen molar-refractivity contribution in [3.63, 3.8) is 0 Å². The van der Waals surface area contributed by atoms with Gasteiger partial charge < -0.3 is 15.5 Å². The quantitative estimate of drug-likeness (QED) is 0.385. The van der Waals surface area contributed by atoms with Crippen LogP contribution in [0.2, 0.25) is 5.02 Å². The van der Waals surface area contributed by atoms with E-state index in [1.54, 1.807) is 0 Å². The molecule has 2 rings (SSSR count). The summed E-state index contributed by atoms with van der Waals surface area (Å²) in [7, 11) is 0. The SMILES string of the molecule is NNc1ncc(C(=O)NCCCOCC2CC2)cc1Cl. The third-order valence-corrected chi connectivity index (χ3v) is 3.33. The monoisotopic (exact) mass is 298 g/mol. The van der Waals surface area contributed by atoms with Gasteiger partial charge in [0.05, 0.1) is 10.6 Å². The largest absolute Gasteiger partial charge is 0.381 e. The zero-order chi connectivity index (χ0) is 14.4. The van der Waals surface area contributed by atoms with Crippen LogP contribution < -0.4 is 16.6 Å². The van der Waals surface area contributed by atoms with Gasteiger partial charge in [0.1, 0.15) is 0 Å². The van der Waals surface area contributed by atoms with Crippen molar-refractivity contribution in [2.75, 3.05) is 25.2 Å². The van der Waals surface area contributed by atoms with Crippen LogP contribution >= 0.6 is 11.6 Å². The second-order valence-corrected chi connectivity index (χ2v) is 5.23. The van der Waals surface area contributed by atoms with Gasteiger partial charge in [-0.3, -0.25) is 4.79 Å². The van der Waals surface area contributed by atoms with Crippen LogP contribution in [0, 0.1) is 5.92 Å². The molecule has 1 saturated carbocycles. The van der Waals surface area contributed by atoms with Crippen molar-refractivity contribution < 1.29 is 9.53 Å². The van der Waals surface area contributed by atoms with Crippen molar-refractivity contribution in [1.29, 1.82) is 0 Å². The first-order valence-corrected chi connectivity index (χ1v) is 7.06. The van der Waals surface area contributed by atoms with Crippen LogP contribution in [0.1, 0.15) is 29.6 Å². The maximum Gasteiger partial charge on any atom is 0.252 e. The minimum Gasteiger partial charge on any atom is -0.381 e. The number of ether oxygens (including phenoxy) is 1. The molecular formula is C13H19ClN4O2. The average molecular weight is 299 g/mol. The van der Waals surface area contributed by atoms with E-state index in [2.05, 4.69) is 15.7 Å². The highest BCUT2D eigenvalue weighted by atomic mass is 35.5. The normalized spacial score (nSPS) is 14.1. The van der Waals surface area contributed by atoms with E-state index in [1.165, 1.54) is 25.1 Å². The molecule has 1 heterocycles. The molecule has 0 aromatic carbocycles. The van der Waals surface area contributed by atoms with Gasteiger partial charge in [0.15, 0.2) is 5.82 Å². The summed E-state index contributed by atoms with van der Waals surface area (Å²) in [6.07, 6.45) is 4.80. The molecular weight excluding hydrogens is 280 g/mol. The Balaban J connectivity index is 1.66. The van der Waals surface area contributed by atoms with Gasteiger partial charge >= 0.3 is 0 Å². The Kier molecular flexibility index (Phi) is 5.58. The molecule has 20 heavy (non-hydrogen) atoms. The van der Waals surface area contributed by atoms with Gasteiger partial charge in [-0.15, -0.1) is 0 Å². The molecule has 0 spiro atoms. The molecule has 0 radical (unpaired) electrons. The first kappa shape index (κ1) is 15.0. The number of halogens is 1. The molecule has 0 atom stereocenters. The Bertz CT molecular complexity index is 466. The number of nitrogens with zero attached hydrogens (tertiary/aromatic N) is 1. The standard InChI is InChI=1S/C13H19ClN4O2/c14-11-6-10(7-17-12(11)18-15)13(19)16-4-1-5-20-8-9-2-3-9/h6-7,9H,1-5,8,15H2,(H,16,19)(H,17,18). The fourth-order valence-corrected chi connectivity index (χ4v) is 1.90. The molecule has 0 bridgehead atoms. The summed E-state index contributed by atoms with van der Waals surface area (Å²) in [5.41, 5.74) is 2.76. The third kappa shape index (κ3) is 4.63. The van der Waals surface area contributed by atoms with Gasteiger partial charge in [0.2, 0.25) is 0 Å². The van der Waals surface area contributed by atoms with Crippen LogP contribution in [-0.4, -0.2) is 30.6 Å². The average Bonchev–Trinajstić information content (AvgIpc) is 3.26. The van der Waals surface area contributed by atoms with Gasteiger partial charge in [-0.05, 0) is 31.2 Å². The molecule has 0 unspecified atom stereocenters. The summed E-state index contributed by atoms with van der Waals surface area (Å²) in [6, 6.07) is 1.53. The Labute approximate surface area is 123 Å². The van der Waals surface area contributed by atoms with E-state index < -0.39 is 0 Å². The lowest BCUT2D eigenvalue weighted by atomic mass is 10.2. The van der Waals surface area contributed by atoms with Gasteiger partial charge in [-0.2, -0.15) is 0 Å². The number of aromatic nitrogens is 1. The number of nitrogens with two attached hydrogens (primary N) is 1. The van der Waals surface area contributed by atoms with E-state index in [-0.39, 0.29) is 5.91 Å². The van der Waals surface area contributed by atoms with Gasteiger partial charge in [0.25, 0.3) is 5.91 Å². The van der Waals surface area contributed by atoms with Crippen molar-refractivity contribution in [3.05, 3.63) is 22.8 Å². The minimum atomic E-state index is -0.204. The summed E-state index contributed by atoms with van der Waals surface area (Å²) in [6.45, 7) is 2.09. The van der Waals surface area contributed by atoms with Gasteiger partial charge in [0, 0.05) is 26.0 Å². The number of hydrogen-bond acceptors (Lipinski definition) is 5. The second kappa shape index (κ2) is 7.42. The van der Waals surface area contributed by atoms with Gasteiger partial charge in [-0.25, -0.2) is 10.8 Å². The molecule has 1 amide bonds. The fraction of sp³-hybridized carbons (Fsp3) is 0.538. The highest BCUT2D eigenvalue weighted by molar-refractivity contribution is 6.33. The molecule has 0 aliphatic heterocycles. The number of pyridine rings is 1. The first-order chi connectivity index (χ1) is 9.70. The highest BCUT2D eigenvalue weighted by Gasteiger charge is 2.20. The van der Waals surface area contributed by atoms with Crippen molar-refractivity contribution in [3.8, 4) is 0 Å². The van der Waals surface area contributed by atoms with Crippen molar-refractivity contribution in [1.82, 2.24) is 10.3 Å². The smallest absolute Gasteiger partial charge is 0.252 e. The molecule has 110 valence electrons. The highest BCUT2D eigenvalue weighted by Crippen LogP contribution is 2.28. The predicted octanol–water partition coefficient (Wildman–Crippen LogP) is 1.57. The predicted molar refractivity (Wildman–Crippen MR) is 77.6 cm³/mol. The van der Waals surface area contributed by atoms with E-state index in [9.17, 15) is 4.79 Å². The van der Waals surface area contributed by atoms with Crippen LogP contribution in [0.4, 0.5) is 5.82 Å². The van der Waals surface area contributed by atoms with Crippen molar-refractivity contribution in [2.45, 2.75) is 19.3 Å². The number of amides is 1. The van der Waals surface area contributed by atoms with Gasteiger partial charge in [-0.1, -0.05) is 11.6 Å². The molecule has 1 aromatic rings. The molecule has 6 nitrogen and oxygen atoms in total. The molecule has 1 aromatic heterocycles. The lowest BCUT2D eigenvalue weighted by molar-refractivity contribution is 0.0937. The lowest BCUT2D eigenvalue weighted by Crippen LogP contribution is -2.25. The first-order valence-electron chi connectivity index (χ1n) is 6.69. The van der Waals surface area contributed by atoms with E-state index in [4.69, 9.17) is 22.2 Å². The Morgan fingerprint density at radius 1 is 1.55 bits per heavy atom. The van der Waals surface area contributed by atoms with Crippen LogP contribution in [-0.2, 0) is 4.74 Å². The Morgan fingerprint density at radius 2 is 2.35 bits per heavy atom. The number of nitrogens with one attached hydrogen (secondary N) is 2. The zero-order valence-corrected chi connectivity index (χ0v) is 11.9. The second-order valence-electron chi connectivity index (χ2n) is 4.83. The topological polar surface area (TPSA) is 89.3 Å². The van der Waals surface area contributed by atoms with E-state index in [0.717, 1.165) is 18.9 Å². The van der Waals surface area contributed by atoms with Crippen LogP contribution in [0.5, 0.6) is 0 Å². The number of carbonyl (C=O) groups is 1. The summed E-state index contributed by atoms with van der Waals surface area (Å²) >= 11 is 5.91. The number of carbonyl (C=O) groups excluding carboxylic acids is 1. The molecule has 7 heteroatoms. The lowest BCUT2D eigenvalue weighted by Gasteiger charge is -2.07. The number of hydrazine groups is 1. The molecule has 0 saturated heterocycles. The van der Waals surface area contributed by atoms with Crippen molar-refractivity contribution >= 4 is 23.3 Å². The van der Waals surface area contributed by atoms with E-state index in [1.807, 2.05) is 0 Å². The summed E-state index contributed by atoms with van der Waals surface area (Å²) in [5.74, 6) is 6.13. The Hall–Kier alpha value is -1.37. The summed E-state index contributed by atoms with van der Waals surface area (Å²) in [5, 5.41) is 3.11. The van der Waals surface area contributed by atoms with Crippen LogP contribution in [0.15, 0.2) is 12.3 Å². The van der Waals surface area contributed by atoms with Crippen molar-refractivity contribution in [2.24, 2.45) is 11.8 Å². The third-order valence-electron chi connectivity index (χ3n) is 3.04. The van der Waals surface area contributed by atoms with E-state index in [0.29, 0.717) is 29.6 Å². The number of hydrogen-bond donors (Lipinski definition) is 3. The fourth-order valence-electron chi connectivity index (χ4n) is 1.68. The molecule has 1 aliphatic rings. The summed E-state index contributed by atoms with van der Waals surface area (Å²) < 4.78 is 5.49. The number of rotatable bonds is 8. The maximum atomic E-state index is 11.8. The molecule has 1 fully saturated rings. The number of nitrogen functional groups attached to an aromatic ring is 1. The minimum absolute atomic E-state index is 0.204. The molecule has 1 aliphatic carbocycles. The summed E-state index contributed by atoms with van der Waals surface area (Å²) in [4.78, 5) is 15.8. The van der Waals surface area contributed by atoms with Crippen LogP contribution in [0.3, 0.4) is 0 Å².